The number of anilines is 1. The number of nitrogens with zero attached hydrogens (tertiary/aromatic N) is 1. The lowest BCUT2D eigenvalue weighted by Crippen LogP contribution is -2.47. The third-order valence-corrected chi connectivity index (χ3v) is 5.60. The van der Waals surface area contributed by atoms with Gasteiger partial charge in [-0.05, 0) is 35.9 Å². The minimum atomic E-state index is -4.44. The van der Waals surface area contributed by atoms with Crippen LogP contribution in [0.3, 0.4) is 0 Å². The van der Waals surface area contributed by atoms with E-state index in [1.54, 1.807) is 25.2 Å². The van der Waals surface area contributed by atoms with Crippen molar-refractivity contribution in [1.29, 1.82) is 0 Å². The second-order valence-corrected chi connectivity index (χ2v) is 7.61. The zero-order valence-electron chi connectivity index (χ0n) is 14.8. The van der Waals surface area contributed by atoms with Crippen molar-refractivity contribution in [3.63, 3.8) is 0 Å². The fourth-order valence-corrected chi connectivity index (χ4v) is 4.20. The summed E-state index contributed by atoms with van der Waals surface area (Å²) in [5, 5.41) is 10.9. The van der Waals surface area contributed by atoms with E-state index in [9.17, 15) is 23.1 Å². The van der Waals surface area contributed by atoms with E-state index in [1.807, 2.05) is 0 Å². The molecule has 1 spiro atoms. The van der Waals surface area contributed by atoms with Gasteiger partial charge in [0.05, 0.1) is 23.5 Å². The Morgan fingerprint density at radius 2 is 1.89 bits per heavy atom. The Morgan fingerprint density at radius 1 is 1.21 bits per heavy atom. The van der Waals surface area contributed by atoms with E-state index < -0.39 is 29.5 Å². The molecule has 0 aromatic heterocycles. The van der Waals surface area contributed by atoms with Crippen LogP contribution in [-0.2, 0) is 21.3 Å². The number of amides is 1. The number of aliphatic hydroxyl groups is 1. The van der Waals surface area contributed by atoms with Gasteiger partial charge < -0.3 is 14.7 Å². The molecule has 2 heterocycles. The molecule has 148 valence electrons. The summed E-state index contributed by atoms with van der Waals surface area (Å²) >= 11 is 6.12. The summed E-state index contributed by atoms with van der Waals surface area (Å²) in [5.74, 6) is -0.333. The van der Waals surface area contributed by atoms with Crippen LogP contribution in [0.4, 0.5) is 18.9 Å². The fraction of sp³-hybridized carbons (Fsp3) is 0.350. The van der Waals surface area contributed by atoms with Crippen molar-refractivity contribution in [3.8, 4) is 0 Å². The van der Waals surface area contributed by atoms with Crippen molar-refractivity contribution in [2.75, 3.05) is 11.9 Å². The van der Waals surface area contributed by atoms with Crippen LogP contribution in [0, 0.1) is 0 Å². The van der Waals surface area contributed by atoms with Gasteiger partial charge in [0.25, 0.3) is 5.91 Å². The number of carbonyl (C=O) groups excluding carboxylic acids is 1. The minimum Gasteiger partial charge on any atom is -0.393 e. The zero-order valence-corrected chi connectivity index (χ0v) is 15.6. The molecule has 0 saturated carbocycles. The summed E-state index contributed by atoms with van der Waals surface area (Å²) in [5.41, 5.74) is -0.522. The molecule has 2 aromatic carbocycles. The van der Waals surface area contributed by atoms with Crippen LogP contribution in [0.15, 0.2) is 42.5 Å². The van der Waals surface area contributed by atoms with E-state index in [4.69, 9.17) is 16.3 Å². The number of halogens is 4. The number of alkyl halides is 3. The number of fused-ring (bicyclic) bond motifs is 2. The van der Waals surface area contributed by atoms with E-state index in [1.165, 1.54) is 17.0 Å². The summed E-state index contributed by atoms with van der Waals surface area (Å²) in [6.07, 6.45) is -5.79. The van der Waals surface area contributed by atoms with Crippen LogP contribution in [0.2, 0.25) is 5.02 Å². The molecule has 4 nitrogen and oxygen atoms in total. The Morgan fingerprint density at radius 3 is 2.54 bits per heavy atom. The minimum absolute atomic E-state index is 0.0562. The van der Waals surface area contributed by atoms with Crippen molar-refractivity contribution in [1.82, 2.24) is 0 Å². The molecule has 2 aromatic rings. The lowest BCUT2D eigenvalue weighted by Gasteiger charge is -2.40. The highest BCUT2D eigenvalue weighted by Gasteiger charge is 2.55. The van der Waals surface area contributed by atoms with Crippen molar-refractivity contribution in [2.45, 2.75) is 36.8 Å². The van der Waals surface area contributed by atoms with Crippen LogP contribution < -0.4 is 4.90 Å². The Kier molecular flexibility index (Phi) is 4.45. The maximum absolute atomic E-state index is 13.1. The van der Waals surface area contributed by atoms with E-state index in [0.717, 1.165) is 12.1 Å². The fourth-order valence-electron chi connectivity index (χ4n) is 4.02. The Hall–Kier alpha value is -2.09. The quantitative estimate of drug-likeness (QED) is 0.754. The number of carbonyl (C=O) groups is 1. The molecule has 1 fully saturated rings. The second kappa shape index (κ2) is 6.47. The van der Waals surface area contributed by atoms with Gasteiger partial charge in [-0.2, -0.15) is 13.2 Å². The summed E-state index contributed by atoms with van der Waals surface area (Å²) in [4.78, 5) is 14.5. The highest BCUT2D eigenvalue weighted by molar-refractivity contribution is 6.31. The molecular formula is C20H17ClF3NO3. The molecule has 0 radical (unpaired) electrons. The van der Waals surface area contributed by atoms with E-state index in [2.05, 4.69) is 0 Å². The van der Waals surface area contributed by atoms with Gasteiger partial charge in [0.2, 0.25) is 0 Å². The monoisotopic (exact) mass is 411 g/mol. The van der Waals surface area contributed by atoms with Gasteiger partial charge >= 0.3 is 6.18 Å². The largest absolute Gasteiger partial charge is 0.416 e. The third-order valence-electron chi connectivity index (χ3n) is 5.37. The Bertz CT molecular complexity index is 931. The average Bonchev–Trinajstić information content (AvgIpc) is 2.82. The summed E-state index contributed by atoms with van der Waals surface area (Å²) in [6.45, 7) is 0. The molecule has 1 amide bonds. The first-order valence-electron chi connectivity index (χ1n) is 8.73. The molecular weight excluding hydrogens is 395 g/mol. The van der Waals surface area contributed by atoms with Crippen molar-refractivity contribution in [3.05, 3.63) is 64.2 Å². The number of benzene rings is 2. The summed E-state index contributed by atoms with van der Waals surface area (Å²) in [6, 6.07) is 9.60. The van der Waals surface area contributed by atoms with Crippen LogP contribution in [-0.4, -0.2) is 24.2 Å². The first-order chi connectivity index (χ1) is 13.1. The lowest BCUT2D eigenvalue weighted by atomic mass is 9.83. The number of hydrogen-bond donors (Lipinski definition) is 1. The van der Waals surface area contributed by atoms with Crippen molar-refractivity contribution >= 4 is 23.2 Å². The highest BCUT2D eigenvalue weighted by Crippen LogP contribution is 2.51. The highest BCUT2D eigenvalue weighted by atomic mass is 35.5. The van der Waals surface area contributed by atoms with Gasteiger partial charge in [0.1, 0.15) is 0 Å². The number of hydrogen-bond acceptors (Lipinski definition) is 3. The van der Waals surface area contributed by atoms with Gasteiger partial charge in [-0.15, -0.1) is 0 Å². The predicted molar refractivity (Wildman–Crippen MR) is 97.1 cm³/mol. The molecule has 2 aliphatic rings. The maximum atomic E-state index is 13.1. The van der Waals surface area contributed by atoms with Gasteiger partial charge in [-0.3, -0.25) is 4.79 Å². The summed E-state index contributed by atoms with van der Waals surface area (Å²) < 4.78 is 44.7. The molecule has 0 bridgehead atoms. The van der Waals surface area contributed by atoms with Gasteiger partial charge in [0.15, 0.2) is 5.60 Å². The summed E-state index contributed by atoms with van der Waals surface area (Å²) in [7, 11) is 1.61. The van der Waals surface area contributed by atoms with Gasteiger partial charge in [-0.1, -0.05) is 23.7 Å². The van der Waals surface area contributed by atoms with E-state index >= 15 is 0 Å². The first-order valence-corrected chi connectivity index (χ1v) is 9.11. The van der Waals surface area contributed by atoms with Crippen LogP contribution in [0.25, 0.3) is 0 Å². The van der Waals surface area contributed by atoms with Crippen molar-refractivity contribution in [2.24, 2.45) is 0 Å². The molecule has 2 aliphatic heterocycles. The smallest absolute Gasteiger partial charge is 0.393 e. The van der Waals surface area contributed by atoms with Crippen LogP contribution in [0.5, 0.6) is 0 Å². The molecule has 3 atom stereocenters. The van der Waals surface area contributed by atoms with Crippen LogP contribution in [0.1, 0.15) is 35.6 Å². The van der Waals surface area contributed by atoms with Crippen molar-refractivity contribution < 1.29 is 27.8 Å². The average molecular weight is 412 g/mol. The molecule has 1 N–H and O–H groups in total. The molecule has 0 unspecified atom stereocenters. The Balaban J connectivity index is 1.73. The SMILES string of the molecule is CN1C(=O)[C@]2(C[C@@H](O)C[C@H](c3ccc(C(F)(F)F)cc3)O2)c2cc(Cl)ccc21. The Labute approximate surface area is 164 Å². The standard InChI is InChI=1S/C20H17ClF3NO3/c1-25-16-7-6-13(21)8-15(16)19(18(25)27)10-14(26)9-17(28-19)11-2-4-12(5-3-11)20(22,23)24/h2-8,14,17,26H,9-10H2,1H3/t14-,17+,19-/m0/s1. The predicted octanol–water partition coefficient (Wildman–Crippen LogP) is 4.44. The zero-order chi connectivity index (χ0) is 20.3. The molecule has 8 heteroatoms. The number of aliphatic hydroxyl groups excluding tert-OH is 1. The second-order valence-electron chi connectivity index (χ2n) is 7.17. The third kappa shape index (κ3) is 2.98. The number of ether oxygens (including phenoxy) is 1. The van der Waals surface area contributed by atoms with Crippen LogP contribution >= 0.6 is 11.6 Å². The molecule has 4 rings (SSSR count). The topological polar surface area (TPSA) is 49.8 Å². The van der Waals surface area contributed by atoms with Gasteiger partial charge in [0, 0.05) is 30.5 Å². The van der Waals surface area contributed by atoms with E-state index in [0.29, 0.717) is 21.8 Å². The number of rotatable bonds is 1. The maximum Gasteiger partial charge on any atom is 0.416 e. The molecule has 0 aliphatic carbocycles. The normalized spacial score (nSPS) is 27.4. The first kappa shape index (κ1) is 19.2. The van der Waals surface area contributed by atoms with E-state index in [-0.39, 0.29) is 18.7 Å². The number of likely N-dealkylation sites (N-methyl/N-ethyl adjacent to an activating group) is 1. The lowest BCUT2D eigenvalue weighted by molar-refractivity contribution is -0.181. The molecule has 1 saturated heterocycles. The molecule has 28 heavy (non-hydrogen) atoms. The van der Waals surface area contributed by atoms with Gasteiger partial charge in [-0.25, -0.2) is 0 Å².